The van der Waals surface area contributed by atoms with Gasteiger partial charge in [0.1, 0.15) is 27.8 Å². The standard InChI is InChI=1S/C36H45ClF2N2O7S/c1-23(2)19-41(21-25-10-13-28(45-6)16-32(25)46-7)49(43,44)34-18-30(38)33(17-31(34)39)47-22-26-20-40(35(42)48-36(3,4)5)15-14-29(26)24-8-11-27(37)12-9-24/h8-13,16-18,23,26,29H,14-15,19-22H2,1-7H3/t26-,29-/m0/s1. The highest BCUT2D eigenvalue weighted by atomic mass is 35.5. The number of rotatable bonds is 12. The Bertz CT molecular complexity index is 1720. The molecule has 13 heteroatoms. The molecule has 3 aromatic rings. The number of halogens is 3. The maximum absolute atomic E-state index is 15.7. The van der Waals surface area contributed by atoms with Gasteiger partial charge in [-0.15, -0.1) is 0 Å². The fraction of sp³-hybridized carbons (Fsp3) is 0.472. The summed E-state index contributed by atoms with van der Waals surface area (Å²) < 4.78 is 82.2. The van der Waals surface area contributed by atoms with Crippen molar-refractivity contribution >= 4 is 27.7 Å². The van der Waals surface area contributed by atoms with Crippen molar-refractivity contribution in [2.24, 2.45) is 11.8 Å². The molecule has 0 unspecified atom stereocenters. The second-order valence-corrected chi connectivity index (χ2v) is 15.9. The van der Waals surface area contributed by atoms with Gasteiger partial charge in [0, 0.05) is 60.9 Å². The van der Waals surface area contributed by atoms with Crippen LogP contribution < -0.4 is 14.2 Å². The molecule has 0 aromatic heterocycles. The Morgan fingerprint density at radius 2 is 1.69 bits per heavy atom. The Balaban J connectivity index is 1.59. The third-order valence-electron chi connectivity index (χ3n) is 8.15. The van der Waals surface area contributed by atoms with E-state index in [0.717, 1.165) is 15.9 Å². The van der Waals surface area contributed by atoms with E-state index in [0.29, 0.717) is 41.1 Å². The number of ether oxygens (including phenoxy) is 4. The number of hydrogen-bond acceptors (Lipinski definition) is 7. The molecule has 1 aliphatic rings. The molecule has 1 heterocycles. The first kappa shape index (κ1) is 38.2. The van der Waals surface area contributed by atoms with E-state index >= 15 is 8.78 Å². The fourth-order valence-electron chi connectivity index (χ4n) is 5.82. The Labute approximate surface area is 293 Å². The minimum atomic E-state index is -4.51. The smallest absolute Gasteiger partial charge is 0.410 e. The summed E-state index contributed by atoms with van der Waals surface area (Å²) in [5, 5.41) is 0.574. The van der Waals surface area contributed by atoms with Crippen LogP contribution in [-0.4, -0.2) is 69.8 Å². The van der Waals surface area contributed by atoms with E-state index in [4.69, 9.17) is 30.5 Å². The van der Waals surface area contributed by atoms with Crippen LogP contribution >= 0.6 is 11.6 Å². The van der Waals surface area contributed by atoms with Crippen molar-refractivity contribution in [3.8, 4) is 17.2 Å². The number of benzene rings is 3. The molecule has 1 fully saturated rings. The number of amides is 1. The summed E-state index contributed by atoms with van der Waals surface area (Å²) in [6.07, 6.45) is 0.102. The zero-order chi connectivity index (χ0) is 36.1. The van der Waals surface area contributed by atoms with Crippen molar-refractivity contribution < 1.29 is 40.9 Å². The highest BCUT2D eigenvalue weighted by molar-refractivity contribution is 7.89. The minimum Gasteiger partial charge on any atom is -0.497 e. The summed E-state index contributed by atoms with van der Waals surface area (Å²) in [5.41, 5.74) is 0.801. The van der Waals surface area contributed by atoms with Crippen LogP contribution in [0.15, 0.2) is 59.5 Å². The molecule has 268 valence electrons. The third kappa shape index (κ3) is 9.76. The summed E-state index contributed by atoms with van der Waals surface area (Å²) in [5.74, 6) is -2.24. The molecule has 49 heavy (non-hydrogen) atoms. The SMILES string of the molecule is COc1ccc(CN(CC(C)C)S(=O)(=O)c2cc(F)c(OC[C@@H]3CN(C(=O)OC(C)(C)C)CC[C@H]3c3ccc(Cl)cc3)cc2F)c(OC)c1. The molecular formula is C36H45ClF2N2O7S. The van der Waals surface area contributed by atoms with Crippen molar-refractivity contribution in [2.45, 2.75) is 64.0 Å². The van der Waals surface area contributed by atoms with Crippen LogP contribution in [0.1, 0.15) is 58.1 Å². The van der Waals surface area contributed by atoms with Gasteiger partial charge in [-0.25, -0.2) is 22.0 Å². The largest absolute Gasteiger partial charge is 0.497 e. The predicted molar refractivity (Wildman–Crippen MR) is 184 cm³/mol. The number of likely N-dealkylation sites (tertiary alicyclic amines) is 1. The number of carbonyl (C=O) groups excluding carboxylic acids is 1. The Kier molecular flexibility index (Phi) is 12.4. The van der Waals surface area contributed by atoms with Crippen molar-refractivity contribution in [3.05, 3.63) is 82.4 Å². The maximum Gasteiger partial charge on any atom is 0.410 e. The van der Waals surface area contributed by atoms with E-state index in [1.807, 2.05) is 26.0 Å². The second kappa shape index (κ2) is 15.9. The summed E-state index contributed by atoms with van der Waals surface area (Å²) in [6, 6.07) is 13.7. The molecule has 2 atom stereocenters. The lowest BCUT2D eigenvalue weighted by molar-refractivity contribution is 0.0110. The van der Waals surface area contributed by atoms with Gasteiger partial charge < -0.3 is 23.8 Å². The molecule has 9 nitrogen and oxygen atoms in total. The minimum absolute atomic E-state index is 0.0404. The number of carbonyl (C=O) groups is 1. The van der Waals surface area contributed by atoms with Crippen molar-refractivity contribution in [1.82, 2.24) is 9.21 Å². The predicted octanol–water partition coefficient (Wildman–Crippen LogP) is 7.90. The summed E-state index contributed by atoms with van der Waals surface area (Å²) in [6.45, 7) is 9.50. The van der Waals surface area contributed by atoms with Crippen LogP contribution in [0, 0.1) is 23.5 Å². The van der Waals surface area contributed by atoms with Crippen LogP contribution in [0.5, 0.6) is 17.2 Å². The number of sulfonamides is 1. The van der Waals surface area contributed by atoms with Gasteiger partial charge in [0.25, 0.3) is 0 Å². The fourth-order valence-corrected chi connectivity index (χ4v) is 7.59. The highest BCUT2D eigenvalue weighted by Gasteiger charge is 2.36. The maximum atomic E-state index is 15.7. The number of methoxy groups -OCH3 is 2. The quantitative estimate of drug-likeness (QED) is 0.188. The van der Waals surface area contributed by atoms with Crippen molar-refractivity contribution in [2.75, 3.05) is 40.5 Å². The lowest BCUT2D eigenvalue weighted by atomic mass is 9.81. The highest BCUT2D eigenvalue weighted by Crippen LogP contribution is 2.36. The van der Waals surface area contributed by atoms with E-state index in [9.17, 15) is 13.2 Å². The first-order valence-corrected chi connectivity index (χ1v) is 17.9. The average Bonchev–Trinajstić information content (AvgIpc) is 3.04. The Hall–Kier alpha value is -3.61. The van der Waals surface area contributed by atoms with Gasteiger partial charge in [0.05, 0.1) is 20.8 Å². The average molecular weight is 723 g/mol. The van der Waals surface area contributed by atoms with Gasteiger partial charge in [0.2, 0.25) is 10.0 Å². The monoisotopic (exact) mass is 722 g/mol. The summed E-state index contributed by atoms with van der Waals surface area (Å²) in [7, 11) is -1.56. The van der Waals surface area contributed by atoms with Gasteiger partial charge >= 0.3 is 6.09 Å². The number of piperidine rings is 1. The van der Waals surface area contributed by atoms with Crippen LogP contribution in [0.4, 0.5) is 13.6 Å². The van der Waals surface area contributed by atoms with Gasteiger partial charge in [-0.05, 0) is 62.8 Å². The lowest BCUT2D eigenvalue weighted by Gasteiger charge is -2.39. The molecule has 0 N–H and O–H groups in total. The molecule has 0 bridgehead atoms. The first-order chi connectivity index (χ1) is 23.0. The topological polar surface area (TPSA) is 94.6 Å². The molecule has 0 saturated carbocycles. The first-order valence-electron chi connectivity index (χ1n) is 16.1. The number of nitrogens with zero attached hydrogens (tertiary/aromatic N) is 2. The zero-order valence-electron chi connectivity index (χ0n) is 29.0. The van der Waals surface area contributed by atoms with Crippen LogP contribution in [0.2, 0.25) is 5.02 Å². The van der Waals surface area contributed by atoms with Gasteiger partial charge in [-0.2, -0.15) is 4.31 Å². The molecular weight excluding hydrogens is 678 g/mol. The van der Waals surface area contributed by atoms with Crippen LogP contribution in [-0.2, 0) is 21.3 Å². The van der Waals surface area contributed by atoms with E-state index in [-0.39, 0.29) is 44.0 Å². The van der Waals surface area contributed by atoms with E-state index < -0.39 is 44.0 Å². The Morgan fingerprint density at radius 3 is 2.31 bits per heavy atom. The molecule has 3 aromatic carbocycles. The molecule has 0 aliphatic carbocycles. The van der Waals surface area contributed by atoms with Crippen LogP contribution in [0.25, 0.3) is 0 Å². The summed E-state index contributed by atoms with van der Waals surface area (Å²) >= 11 is 6.11. The summed E-state index contributed by atoms with van der Waals surface area (Å²) in [4.78, 5) is 13.7. The lowest BCUT2D eigenvalue weighted by Crippen LogP contribution is -2.46. The van der Waals surface area contributed by atoms with E-state index in [1.54, 1.807) is 56.0 Å². The molecule has 1 amide bonds. The van der Waals surface area contributed by atoms with Crippen molar-refractivity contribution in [3.63, 3.8) is 0 Å². The molecule has 0 radical (unpaired) electrons. The van der Waals surface area contributed by atoms with E-state index in [1.165, 1.54) is 14.2 Å². The second-order valence-electron chi connectivity index (χ2n) is 13.5. The zero-order valence-corrected chi connectivity index (χ0v) is 30.5. The molecule has 1 saturated heterocycles. The van der Waals surface area contributed by atoms with E-state index in [2.05, 4.69) is 0 Å². The molecule has 0 spiro atoms. The van der Waals surface area contributed by atoms with Crippen molar-refractivity contribution in [1.29, 1.82) is 0 Å². The molecule has 1 aliphatic heterocycles. The van der Waals surface area contributed by atoms with Gasteiger partial charge in [-0.1, -0.05) is 43.6 Å². The molecule has 4 rings (SSSR count). The Morgan fingerprint density at radius 1 is 1.00 bits per heavy atom. The van der Waals surface area contributed by atoms with Crippen LogP contribution in [0.3, 0.4) is 0 Å². The van der Waals surface area contributed by atoms with Gasteiger partial charge in [0.15, 0.2) is 11.6 Å². The van der Waals surface area contributed by atoms with Gasteiger partial charge in [-0.3, -0.25) is 0 Å². The number of hydrogen-bond donors (Lipinski definition) is 0. The third-order valence-corrected chi connectivity index (χ3v) is 10.2. The normalized spacial score (nSPS) is 16.9.